The van der Waals surface area contributed by atoms with Crippen LogP contribution in [0.5, 0.6) is 0 Å². The molecule has 0 radical (unpaired) electrons. The van der Waals surface area contributed by atoms with Gasteiger partial charge in [0.1, 0.15) is 0 Å². The second kappa shape index (κ2) is 2.48. The fourth-order valence-electron chi connectivity index (χ4n) is 1.55. The lowest BCUT2D eigenvalue weighted by Gasteiger charge is -2.02. The number of aromatic nitrogens is 1. The largest absolute Gasteiger partial charge is 0.618 e. The van der Waals surface area contributed by atoms with Crippen molar-refractivity contribution in [2.45, 2.75) is 19.3 Å². The minimum Gasteiger partial charge on any atom is -0.618 e. The van der Waals surface area contributed by atoms with Crippen molar-refractivity contribution in [1.82, 2.24) is 0 Å². The lowest BCUT2D eigenvalue weighted by atomic mass is 10.2. The van der Waals surface area contributed by atoms with Gasteiger partial charge in [-0.1, -0.05) is 0 Å². The topological polar surface area (TPSA) is 26.9 Å². The summed E-state index contributed by atoms with van der Waals surface area (Å²) in [4.78, 5) is 0. The van der Waals surface area contributed by atoms with Crippen molar-refractivity contribution in [1.29, 1.82) is 0 Å². The number of fused-ring (bicyclic) bond motifs is 1. The van der Waals surface area contributed by atoms with E-state index in [1.165, 1.54) is 5.56 Å². The Kier molecular flexibility index (Phi) is 1.60. The molecule has 1 heterocycles. The maximum Gasteiger partial charge on any atom is 0.196 e. The van der Waals surface area contributed by atoms with Gasteiger partial charge < -0.3 is 5.21 Å². The SMILES string of the molecule is [O-][n+]1cc(Br)cc2c1CCC2. The van der Waals surface area contributed by atoms with Crippen molar-refractivity contribution in [3.8, 4) is 0 Å². The Morgan fingerprint density at radius 1 is 1.45 bits per heavy atom. The second-order valence-corrected chi connectivity index (χ2v) is 3.73. The molecule has 0 saturated heterocycles. The van der Waals surface area contributed by atoms with Crippen molar-refractivity contribution in [2.24, 2.45) is 0 Å². The molecule has 11 heavy (non-hydrogen) atoms. The maximum atomic E-state index is 11.2. The summed E-state index contributed by atoms with van der Waals surface area (Å²) in [6.45, 7) is 0. The highest BCUT2D eigenvalue weighted by molar-refractivity contribution is 9.10. The standard InChI is InChI=1S/C8H8BrNO/c9-7-4-6-2-1-3-8(6)10(11)5-7/h4-5H,1-3H2. The van der Waals surface area contributed by atoms with Crippen LogP contribution in [0.15, 0.2) is 16.7 Å². The predicted octanol–water partition coefficient (Wildman–Crippen LogP) is 1.57. The Balaban J connectivity index is 2.60. The quantitative estimate of drug-likeness (QED) is 0.475. The predicted molar refractivity (Wildman–Crippen MR) is 45.1 cm³/mol. The van der Waals surface area contributed by atoms with Gasteiger partial charge in [0, 0.05) is 12.0 Å². The first-order valence-corrected chi connectivity index (χ1v) is 4.47. The van der Waals surface area contributed by atoms with E-state index in [1.54, 1.807) is 6.20 Å². The van der Waals surface area contributed by atoms with E-state index in [4.69, 9.17) is 0 Å². The number of aryl methyl sites for hydroxylation is 1. The van der Waals surface area contributed by atoms with Gasteiger partial charge in [0.15, 0.2) is 11.9 Å². The van der Waals surface area contributed by atoms with E-state index >= 15 is 0 Å². The zero-order valence-electron chi connectivity index (χ0n) is 6.01. The smallest absolute Gasteiger partial charge is 0.196 e. The average Bonchev–Trinajstić information content (AvgIpc) is 2.34. The van der Waals surface area contributed by atoms with E-state index in [0.29, 0.717) is 0 Å². The second-order valence-electron chi connectivity index (χ2n) is 2.81. The van der Waals surface area contributed by atoms with Crippen LogP contribution in [0.1, 0.15) is 17.7 Å². The highest BCUT2D eigenvalue weighted by Gasteiger charge is 2.19. The number of halogens is 1. The number of hydrogen-bond acceptors (Lipinski definition) is 1. The molecule has 0 spiro atoms. The van der Waals surface area contributed by atoms with Crippen LogP contribution in [0.2, 0.25) is 0 Å². The van der Waals surface area contributed by atoms with Gasteiger partial charge in [-0.25, -0.2) is 0 Å². The van der Waals surface area contributed by atoms with E-state index < -0.39 is 0 Å². The molecule has 0 saturated carbocycles. The molecule has 0 aromatic carbocycles. The zero-order valence-corrected chi connectivity index (χ0v) is 7.60. The Hall–Kier alpha value is -0.570. The number of rotatable bonds is 0. The van der Waals surface area contributed by atoms with Crippen molar-refractivity contribution in [2.75, 3.05) is 0 Å². The van der Waals surface area contributed by atoms with Gasteiger partial charge in [0.05, 0.1) is 4.47 Å². The van der Waals surface area contributed by atoms with Crippen LogP contribution in [0.25, 0.3) is 0 Å². The highest BCUT2D eigenvalue weighted by Crippen LogP contribution is 2.21. The normalized spacial score (nSPS) is 15.0. The Morgan fingerprint density at radius 2 is 2.27 bits per heavy atom. The first-order valence-electron chi connectivity index (χ1n) is 3.68. The van der Waals surface area contributed by atoms with Crippen molar-refractivity contribution in [3.63, 3.8) is 0 Å². The Labute approximate surface area is 73.6 Å². The van der Waals surface area contributed by atoms with Crippen molar-refractivity contribution < 1.29 is 4.73 Å². The molecule has 0 unspecified atom stereocenters. The Morgan fingerprint density at radius 3 is 3.09 bits per heavy atom. The fourth-order valence-corrected chi connectivity index (χ4v) is 2.01. The summed E-state index contributed by atoms with van der Waals surface area (Å²) in [5, 5.41) is 11.2. The summed E-state index contributed by atoms with van der Waals surface area (Å²) in [5.41, 5.74) is 2.16. The fraction of sp³-hybridized carbons (Fsp3) is 0.375. The Bertz CT molecular complexity index is 298. The van der Waals surface area contributed by atoms with Crippen LogP contribution in [0.3, 0.4) is 0 Å². The van der Waals surface area contributed by atoms with Crippen LogP contribution in [-0.4, -0.2) is 0 Å². The summed E-state index contributed by atoms with van der Waals surface area (Å²) >= 11 is 3.29. The molecule has 2 nitrogen and oxygen atoms in total. The molecular formula is C8H8BrNO. The van der Waals surface area contributed by atoms with E-state index in [9.17, 15) is 5.21 Å². The van der Waals surface area contributed by atoms with Gasteiger partial charge in [-0.3, -0.25) is 0 Å². The van der Waals surface area contributed by atoms with Gasteiger partial charge in [-0.15, -0.1) is 0 Å². The first kappa shape index (κ1) is 7.10. The molecule has 0 bridgehead atoms. The number of hydrogen-bond donors (Lipinski definition) is 0. The monoisotopic (exact) mass is 213 g/mol. The van der Waals surface area contributed by atoms with Crippen LogP contribution in [0.4, 0.5) is 0 Å². The van der Waals surface area contributed by atoms with E-state index in [0.717, 1.165) is 34.2 Å². The minimum absolute atomic E-state index is 0.883. The summed E-state index contributed by atoms with van der Waals surface area (Å²) in [6, 6.07) is 2.04. The molecule has 3 heteroatoms. The summed E-state index contributed by atoms with van der Waals surface area (Å²) in [7, 11) is 0. The molecule has 2 rings (SSSR count). The molecular weight excluding hydrogens is 206 g/mol. The maximum absolute atomic E-state index is 11.2. The molecule has 1 aromatic heterocycles. The summed E-state index contributed by atoms with van der Waals surface area (Å²) in [5.74, 6) is 0. The average molecular weight is 214 g/mol. The van der Waals surface area contributed by atoms with Gasteiger partial charge in [-0.2, -0.15) is 4.73 Å². The summed E-state index contributed by atoms with van der Waals surface area (Å²) in [6.07, 6.45) is 4.68. The third-order valence-electron chi connectivity index (χ3n) is 2.05. The van der Waals surface area contributed by atoms with E-state index in [2.05, 4.69) is 15.9 Å². The first-order chi connectivity index (χ1) is 5.27. The van der Waals surface area contributed by atoms with Gasteiger partial charge >= 0.3 is 0 Å². The zero-order chi connectivity index (χ0) is 7.84. The van der Waals surface area contributed by atoms with Crippen LogP contribution >= 0.6 is 15.9 Å². The number of nitrogens with zero attached hydrogens (tertiary/aromatic N) is 1. The molecule has 1 aromatic rings. The molecule has 58 valence electrons. The van der Waals surface area contributed by atoms with Crippen molar-refractivity contribution >= 4 is 15.9 Å². The molecule has 0 fully saturated rings. The molecule has 0 atom stereocenters. The lowest BCUT2D eigenvalue weighted by Crippen LogP contribution is -2.31. The molecule has 1 aliphatic rings. The molecule has 0 N–H and O–H groups in total. The van der Waals surface area contributed by atoms with Crippen LogP contribution in [-0.2, 0) is 12.8 Å². The molecule has 0 aliphatic heterocycles. The van der Waals surface area contributed by atoms with Gasteiger partial charge in [0.2, 0.25) is 0 Å². The van der Waals surface area contributed by atoms with Crippen LogP contribution < -0.4 is 4.73 Å². The van der Waals surface area contributed by atoms with Gasteiger partial charge in [0.25, 0.3) is 0 Å². The lowest BCUT2D eigenvalue weighted by molar-refractivity contribution is -0.614. The van der Waals surface area contributed by atoms with Gasteiger partial charge in [-0.05, 0) is 34.8 Å². The third kappa shape index (κ3) is 1.13. The summed E-state index contributed by atoms with van der Waals surface area (Å²) < 4.78 is 1.86. The molecule has 0 amide bonds. The van der Waals surface area contributed by atoms with E-state index in [-0.39, 0.29) is 0 Å². The van der Waals surface area contributed by atoms with Crippen LogP contribution in [0, 0.1) is 5.21 Å². The highest BCUT2D eigenvalue weighted by atomic mass is 79.9. The third-order valence-corrected chi connectivity index (χ3v) is 2.48. The number of pyridine rings is 1. The molecule has 1 aliphatic carbocycles. The van der Waals surface area contributed by atoms with Crippen molar-refractivity contribution in [3.05, 3.63) is 33.2 Å². The minimum atomic E-state index is 0.883. The van der Waals surface area contributed by atoms with E-state index in [1.807, 2.05) is 6.07 Å².